The van der Waals surface area contributed by atoms with E-state index < -0.39 is 0 Å². The number of aromatic nitrogens is 1. The van der Waals surface area contributed by atoms with Crippen LogP contribution in [-0.2, 0) is 0 Å². The van der Waals surface area contributed by atoms with Crippen LogP contribution in [0.4, 0.5) is 17.1 Å². The topological polar surface area (TPSA) is 21.3 Å². The fourth-order valence-corrected chi connectivity index (χ4v) is 10.1. The zero-order valence-corrected chi connectivity index (χ0v) is 36.6. The summed E-state index contributed by atoms with van der Waals surface area (Å²) in [6.45, 7) is 0. The van der Waals surface area contributed by atoms with E-state index in [2.05, 4.69) is 252 Å². The Morgan fingerprint density at radius 1 is 0.284 bits per heavy atom. The van der Waals surface area contributed by atoms with Crippen LogP contribution in [0.5, 0.6) is 0 Å². The highest BCUT2D eigenvalue weighted by atomic mass is 16.3. The van der Waals surface area contributed by atoms with Crippen molar-refractivity contribution >= 4 is 71.6 Å². The third-order valence-corrected chi connectivity index (χ3v) is 13.4. The molecule has 0 bridgehead atoms. The molecule has 0 atom stereocenters. The minimum atomic E-state index is 0.902. The second-order valence-electron chi connectivity index (χ2n) is 17.3. The van der Waals surface area contributed by atoms with Crippen molar-refractivity contribution in [1.29, 1.82) is 0 Å². The Morgan fingerprint density at radius 3 is 1.37 bits per heavy atom. The van der Waals surface area contributed by atoms with Gasteiger partial charge in [-0.1, -0.05) is 182 Å². The molecule has 2 heterocycles. The molecule has 0 aliphatic carbocycles. The van der Waals surface area contributed by atoms with Crippen molar-refractivity contribution in [2.24, 2.45) is 0 Å². The lowest BCUT2D eigenvalue weighted by Gasteiger charge is -2.26. The number of anilines is 3. The molecule has 67 heavy (non-hydrogen) atoms. The summed E-state index contributed by atoms with van der Waals surface area (Å²) >= 11 is 0. The molecule has 314 valence electrons. The van der Waals surface area contributed by atoms with Crippen LogP contribution in [0.15, 0.2) is 259 Å². The van der Waals surface area contributed by atoms with E-state index in [0.717, 1.165) is 61.4 Å². The number of hydrogen-bond donors (Lipinski definition) is 0. The summed E-state index contributed by atoms with van der Waals surface area (Å²) in [5, 5.41) is 7.25. The highest BCUT2D eigenvalue weighted by molar-refractivity contribution is 6.19. The Kier molecular flexibility index (Phi) is 9.17. The van der Waals surface area contributed by atoms with Gasteiger partial charge in [0.2, 0.25) is 0 Å². The van der Waals surface area contributed by atoms with E-state index in [1.54, 1.807) is 0 Å². The molecule has 0 unspecified atom stereocenters. The number of fused-ring (bicyclic) bond motifs is 8. The quantitative estimate of drug-likeness (QED) is 0.152. The first kappa shape index (κ1) is 38.5. The molecule has 0 spiro atoms. The first-order valence-corrected chi connectivity index (χ1v) is 22.9. The minimum absolute atomic E-state index is 0.902. The van der Waals surface area contributed by atoms with Crippen molar-refractivity contribution in [2.45, 2.75) is 0 Å². The van der Waals surface area contributed by atoms with E-state index in [-0.39, 0.29) is 0 Å². The summed E-state index contributed by atoms with van der Waals surface area (Å²) in [5.74, 6) is 0. The predicted molar refractivity (Wildman–Crippen MR) is 282 cm³/mol. The zero-order valence-electron chi connectivity index (χ0n) is 36.6. The van der Waals surface area contributed by atoms with Crippen molar-refractivity contribution in [3.05, 3.63) is 255 Å². The number of nitrogens with zero attached hydrogens (tertiary/aromatic N) is 2. The molecule has 0 fully saturated rings. The average molecular weight is 855 g/mol. The molecule has 3 heteroatoms. The molecule has 0 radical (unpaired) electrons. The summed E-state index contributed by atoms with van der Waals surface area (Å²) < 4.78 is 8.59. The van der Waals surface area contributed by atoms with Gasteiger partial charge in [-0.3, -0.25) is 0 Å². The van der Waals surface area contributed by atoms with Gasteiger partial charge in [-0.2, -0.15) is 0 Å². The fraction of sp³-hybridized carbons (Fsp3) is 0. The molecule has 0 amide bonds. The number of hydrogen-bond acceptors (Lipinski definition) is 2. The third-order valence-electron chi connectivity index (χ3n) is 13.4. The first-order valence-electron chi connectivity index (χ1n) is 22.9. The summed E-state index contributed by atoms with van der Waals surface area (Å²) in [6.07, 6.45) is 0. The van der Waals surface area contributed by atoms with Gasteiger partial charge in [0.05, 0.1) is 11.0 Å². The number of para-hydroxylation sites is 2. The van der Waals surface area contributed by atoms with Crippen molar-refractivity contribution < 1.29 is 4.42 Å². The molecule has 3 nitrogen and oxygen atoms in total. The van der Waals surface area contributed by atoms with E-state index in [1.807, 2.05) is 12.1 Å². The fourth-order valence-electron chi connectivity index (χ4n) is 10.1. The molecule has 11 aromatic carbocycles. The number of benzene rings is 11. The normalized spacial score (nSPS) is 11.6. The van der Waals surface area contributed by atoms with Gasteiger partial charge in [0, 0.05) is 49.7 Å². The second-order valence-corrected chi connectivity index (χ2v) is 17.3. The van der Waals surface area contributed by atoms with Crippen LogP contribution in [0.25, 0.3) is 105 Å². The average Bonchev–Trinajstić information content (AvgIpc) is 3.95. The summed E-state index contributed by atoms with van der Waals surface area (Å²) in [7, 11) is 0. The van der Waals surface area contributed by atoms with Gasteiger partial charge in [0.15, 0.2) is 0 Å². The van der Waals surface area contributed by atoms with Crippen molar-refractivity contribution in [3.63, 3.8) is 0 Å². The highest BCUT2D eigenvalue weighted by Gasteiger charge is 2.18. The number of furan rings is 1. The highest BCUT2D eigenvalue weighted by Crippen LogP contribution is 2.41. The molecule has 0 saturated heterocycles. The lowest BCUT2D eigenvalue weighted by molar-refractivity contribution is 0.669. The monoisotopic (exact) mass is 854 g/mol. The van der Waals surface area contributed by atoms with Gasteiger partial charge in [0.25, 0.3) is 0 Å². The summed E-state index contributed by atoms with van der Waals surface area (Å²) in [4.78, 5) is 2.35. The van der Waals surface area contributed by atoms with Gasteiger partial charge >= 0.3 is 0 Å². The largest absolute Gasteiger partial charge is 0.456 e. The van der Waals surface area contributed by atoms with Crippen LogP contribution in [0.3, 0.4) is 0 Å². The molecule has 0 aliphatic heterocycles. The predicted octanol–water partition coefficient (Wildman–Crippen LogP) is 18.0. The first-order chi connectivity index (χ1) is 33.2. The Hall–Kier alpha value is -8.92. The van der Waals surface area contributed by atoms with Gasteiger partial charge in [-0.15, -0.1) is 0 Å². The van der Waals surface area contributed by atoms with E-state index in [1.165, 1.54) is 60.4 Å². The van der Waals surface area contributed by atoms with Crippen molar-refractivity contribution in [1.82, 2.24) is 4.57 Å². The lowest BCUT2D eigenvalue weighted by Crippen LogP contribution is -2.09. The molecule has 0 saturated carbocycles. The lowest BCUT2D eigenvalue weighted by atomic mass is 9.99. The zero-order chi connectivity index (χ0) is 44.3. The van der Waals surface area contributed by atoms with Crippen LogP contribution in [0.1, 0.15) is 0 Å². The Bertz CT molecular complexity index is 3920. The molecule has 0 aliphatic rings. The van der Waals surface area contributed by atoms with Gasteiger partial charge < -0.3 is 13.9 Å². The Labute approximate surface area is 388 Å². The van der Waals surface area contributed by atoms with E-state index in [4.69, 9.17) is 4.42 Å². The molecular formula is C64H42N2O. The van der Waals surface area contributed by atoms with Crippen LogP contribution < -0.4 is 4.90 Å². The molecule has 0 N–H and O–H groups in total. The van der Waals surface area contributed by atoms with Gasteiger partial charge in [0.1, 0.15) is 11.2 Å². The van der Waals surface area contributed by atoms with Crippen molar-refractivity contribution in [3.8, 4) is 50.2 Å². The summed E-state index contributed by atoms with van der Waals surface area (Å²) in [6, 6.07) is 91.9. The van der Waals surface area contributed by atoms with E-state index in [9.17, 15) is 0 Å². The SMILES string of the molecule is c1ccc(-c2ccc(-c3ccc(N(c4ccc(-c5ccc6oc7ccccc7c6c5)cc4)c4ccc(-c5ccc6c7ccc8ccccc8c7n(-c7ccccc7)c6c5)cc4)cc3)cc2)cc1. The summed E-state index contributed by atoms with van der Waals surface area (Å²) in [5.41, 5.74) is 18.0. The van der Waals surface area contributed by atoms with Crippen LogP contribution in [0, 0.1) is 0 Å². The maximum atomic E-state index is 6.15. The number of rotatable bonds is 8. The molecule has 13 aromatic rings. The van der Waals surface area contributed by atoms with Crippen LogP contribution >= 0.6 is 0 Å². The van der Waals surface area contributed by atoms with Gasteiger partial charge in [-0.25, -0.2) is 0 Å². The van der Waals surface area contributed by atoms with Crippen molar-refractivity contribution in [2.75, 3.05) is 4.90 Å². The Balaban J connectivity index is 0.882. The van der Waals surface area contributed by atoms with Crippen LogP contribution in [0.2, 0.25) is 0 Å². The molecular weight excluding hydrogens is 813 g/mol. The third kappa shape index (κ3) is 6.76. The smallest absolute Gasteiger partial charge is 0.135 e. The van der Waals surface area contributed by atoms with Gasteiger partial charge in [-0.05, 0) is 123 Å². The standard InChI is InChI=1S/C64H42N2O/c1-3-11-43(12-4-1)44-19-21-45(22-20-44)46-23-32-53(33-24-46)65(54-34-25-47(26-35-54)50-31-40-63-60(41-50)58-17-9-10-18-62(58)67-63)55-36-27-48(28-37-55)51-30-38-57-59-39-29-49-13-7-8-16-56(49)64(59)66(61(57)42-51)52-14-5-2-6-15-52/h1-42H. The maximum Gasteiger partial charge on any atom is 0.135 e. The Morgan fingerprint density at radius 2 is 0.731 bits per heavy atom. The van der Waals surface area contributed by atoms with E-state index >= 15 is 0 Å². The van der Waals surface area contributed by atoms with E-state index in [0.29, 0.717) is 0 Å². The van der Waals surface area contributed by atoms with Crippen LogP contribution in [-0.4, -0.2) is 4.57 Å². The molecule has 2 aromatic heterocycles. The molecule has 13 rings (SSSR count). The second kappa shape index (κ2) is 16.0. The maximum absolute atomic E-state index is 6.15. The minimum Gasteiger partial charge on any atom is -0.456 e.